The Morgan fingerprint density at radius 3 is 2.61 bits per heavy atom. The number of amides is 1. The molecular weight excluding hydrogens is 354 g/mol. The van der Waals surface area contributed by atoms with Gasteiger partial charge in [-0.15, -0.1) is 0 Å². The molecule has 0 unspecified atom stereocenters. The molecule has 0 spiro atoms. The smallest absolute Gasteiger partial charge is 0.225 e. The molecule has 0 radical (unpaired) electrons. The van der Waals surface area contributed by atoms with Crippen LogP contribution >= 0.6 is 15.9 Å². The first-order chi connectivity index (χ1) is 11.1. The Balaban J connectivity index is 1.82. The van der Waals surface area contributed by atoms with Crippen LogP contribution in [0.25, 0.3) is 0 Å². The molecule has 118 valence electrons. The number of rotatable bonds is 6. The van der Waals surface area contributed by atoms with Crippen molar-refractivity contribution in [2.24, 2.45) is 0 Å². The molecule has 1 amide bonds. The zero-order valence-electron chi connectivity index (χ0n) is 12.9. The number of nitriles is 1. The summed E-state index contributed by atoms with van der Waals surface area (Å²) in [5.41, 5.74) is 2.24. The van der Waals surface area contributed by atoms with E-state index >= 15 is 0 Å². The molecule has 0 aliphatic carbocycles. The van der Waals surface area contributed by atoms with Gasteiger partial charge in [0.2, 0.25) is 5.91 Å². The SMILES string of the molecule is CN(CCC(=O)Nc1ccccc1C#N)Cc1ccc(Br)cc1. The van der Waals surface area contributed by atoms with E-state index in [2.05, 4.69) is 44.3 Å². The predicted octanol–water partition coefficient (Wildman–Crippen LogP) is 3.78. The Labute approximate surface area is 144 Å². The fourth-order valence-corrected chi connectivity index (χ4v) is 2.44. The van der Waals surface area contributed by atoms with Gasteiger partial charge in [-0.25, -0.2) is 0 Å². The minimum absolute atomic E-state index is 0.0876. The maximum absolute atomic E-state index is 12.0. The fourth-order valence-electron chi connectivity index (χ4n) is 2.18. The minimum atomic E-state index is -0.0876. The quantitative estimate of drug-likeness (QED) is 0.840. The molecule has 0 fully saturated rings. The fraction of sp³-hybridized carbons (Fsp3) is 0.222. The second-order valence-corrected chi connectivity index (χ2v) is 6.24. The summed E-state index contributed by atoms with van der Waals surface area (Å²) in [4.78, 5) is 14.1. The standard InChI is InChI=1S/C18H18BrN3O/c1-22(13-14-6-8-16(19)9-7-14)11-10-18(23)21-17-5-3-2-4-15(17)12-20/h2-9H,10-11,13H2,1H3,(H,21,23). The zero-order valence-corrected chi connectivity index (χ0v) is 14.5. The summed E-state index contributed by atoms with van der Waals surface area (Å²) in [6.45, 7) is 1.44. The average Bonchev–Trinajstić information content (AvgIpc) is 2.55. The summed E-state index contributed by atoms with van der Waals surface area (Å²) in [7, 11) is 1.98. The largest absolute Gasteiger partial charge is 0.325 e. The molecule has 0 saturated heterocycles. The molecule has 0 aliphatic heterocycles. The van der Waals surface area contributed by atoms with Crippen LogP contribution in [-0.4, -0.2) is 24.4 Å². The van der Waals surface area contributed by atoms with Crippen LogP contribution in [0.5, 0.6) is 0 Å². The average molecular weight is 372 g/mol. The van der Waals surface area contributed by atoms with Crippen molar-refractivity contribution in [1.29, 1.82) is 5.26 Å². The maximum atomic E-state index is 12.0. The lowest BCUT2D eigenvalue weighted by Crippen LogP contribution is -2.24. The number of carbonyl (C=O) groups excluding carboxylic acids is 1. The number of halogens is 1. The third kappa shape index (κ3) is 5.51. The van der Waals surface area contributed by atoms with Gasteiger partial charge in [0, 0.05) is 24.0 Å². The Kier molecular flexibility index (Phi) is 6.33. The van der Waals surface area contributed by atoms with Crippen LogP contribution in [0.2, 0.25) is 0 Å². The molecular formula is C18H18BrN3O. The molecule has 1 N–H and O–H groups in total. The van der Waals surface area contributed by atoms with Crippen molar-refractivity contribution in [3.05, 3.63) is 64.1 Å². The van der Waals surface area contributed by atoms with E-state index < -0.39 is 0 Å². The maximum Gasteiger partial charge on any atom is 0.225 e. The minimum Gasteiger partial charge on any atom is -0.325 e. The first-order valence-corrected chi connectivity index (χ1v) is 8.10. The highest BCUT2D eigenvalue weighted by atomic mass is 79.9. The number of nitrogens with one attached hydrogen (secondary N) is 1. The molecule has 0 aromatic heterocycles. The van der Waals surface area contributed by atoms with E-state index in [1.54, 1.807) is 24.3 Å². The van der Waals surface area contributed by atoms with Gasteiger partial charge in [-0.3, -0.25) is 4.79 Å². The molecule has 0 heterocycles. The van der Waals surface area contributed by atoms with E-state index in [0.717, 1.165) is 11.0 Å². The van der Waals surface area contributed by atoms with E-state index in [1.807, 2.05) is 19.2 Å². The van der Waals surface area contributed by atoms with Crippen molar-refractivity contribution >= 4 is 27.5 Å². The van der Waals surface area contributed by atoms with Gasteiger partial charge < -0.3 is 10.2 Å². The summed E-state index contributed by atoms with van der Waals surface area (Å²) in [5, 5.41) is 11.8. The molecule has 5 heteroatoms. The van der Waals surface area contributed by atoms with E-state index in [-0.39, 0.29) is 5.91 Å². The van der Waals surface area contributed by atoms with Crippen molar-refractivity contribution in [2.45, 2.75) is 13.0 Å². The molecule has 2 rings (SSSR count). The number of carbonyl (C=O) groups is 1. The topological polar surface area (TPSA) is 56.1 Å². The van der Waals surface area contributed by atoms with Gasteiger partial charge >= 0.3 is 0 Å². The van der Waals surface area contributed by atoms with Crippen molar-refractivity contribution in [1.82, 2.24) is 4.90 Å². The summed E-state index contributed by atoms with van der Waals surface area (Å²) in [6.07, 6.45) is 0.382. The Bertz CT molecular complexity index is 707. The van der Waals surface area contributed by atoms with Gasteiger partial charge in [0.1, 0.15) is 6.07 Å². The first kappa shape index (κ1) is 17.2. The highest BCUT2D eigenvalue weighted by Gasteiger charge is 2.08. The summed E-state index contributed by atoms with van der Waals surface area (Å²) >= 11 is 3.42. The van der Waals surface area contributed by atoms with Crippen LogP contribution in [0.3, 0.4) is 0 Å². The lowest BCUT2D eigenvalue weighted by atomic mass is 10.2. The summed E-state index contributed by atoms with van der Waals surface area (Å²) in [6, 6.07) is 17.2. The van der Waals surface area contributed by atoms with Crippen LogP contribution in [0.1, 0.15) is 17.5 Å². The lowest BCUT2D eigenvalue weighted by molar-refractivity contribution is -0.116. The van der Waals surface area contributed by atoms with Crippen molar-refractivity contribution < 1.29 is 4.79 Å². The highest BCUT2D eigenvalue weighted by Crippen LogP contribution is 2.14. The van der Waals surface area contributed by atoms with E-state index in [0.29, 0.717) is 24.2 Å². The van der Waals surface area contributed by atoms with E-state index in [4.69, 9.17) is 5.26 Å². The normalized spacial score (nSPS) is 10.3. The predicted molar refractivity (Wildman–Crippen MR) is 94.9 cm³/mol. The van der Waals surface area contributed by atoms with Crippen LogP contribution in [0.4, 0.5) is 5.69 Å². The molecule has 0 aliphatic rings. The monoisotopic (exact) mass is 371 g/mol. The summed E-state index contributed by atoms with van der Waals surface area (Å²) < 4.78 is 1.06. The van der Waals surface area contributed by atoms with Crippen LogP contribution in [-0.2, 0) is 11.3 Å². The Morgan fingerprint density at radius 1 is 1.22 bits per heavy atom. The van der Waals surface area contributed by atoms with Gasteiger partial charge in [0.25, 0.3) is 0 Å². The third-order valence-electron chi connectivity index (χ3n) is 3.41. The molecule has 0 saturated carbocycles. The second kappa shape index (κ2) is 8.47. The summed E-state index contributed by atoms with van der Waals surface area (Å²) in [5.74, 6) is -0.0876. The number of benzene rings is 2. The van der Waals surface area contributed by atoms with Crippen molar-refractivity contribution in [2.75, 3.05) is 18.9 Å². The Morgan fingerprint density at radius 2 is 1.91 bits per heavy atom. The number of para-hydroxylation sites is 1. The van der Waals surface area contributed by atoms with Gasteiger partial charge in [0.15, 0.2) is 0 Å². The van der Waals surface area contributed by atoms with Gasteiger partial charge in [-0.2, -0.15) is 5.26 Å². The Hall–Kier alpha value is -2.16. The number of nitrogens with zero attached hydrogens (tertiary/aromatic N) is 2. The lowest BCUT2D eigenvalue weighted by Gasteiger charge is -2.16. The molecule has 23 heavy (non-hydrogen) atoms. The number of hydrogen-bond acceptors (Lipinski definition) is 3. The van der Waals surface area contributed by atoms with Crippen LogP contribution in [0, 0.1) is 11.3 Å². The van der Waals surface area contributed by atoms with Gasteiger partial charge in [-0.1, -0.05) is 40.2 Å². The van der Waals surface area contributed by atoms with Gasteiger partial charge in [0.05, 0.1) is 11.3 Å². The molecule has 2 aromatic carbocycles. The van der Waals surface area contributed by atoms with E-state index in [9.17, 15) is 4.79 Å². The van der Waals surface area contributed by atoms with Crippen LogP contribution in [0.15, 0.2) is 53.0 Å². The number of hydrogen-bond donors (Lipinski definition) is 1. The van der Waals surface area contributed by atoms with Crippen molar-refractivity contribution in [3.63, 3.8) is 0 Å². The third-order valence-corrected chi connectivity index (χ3v) is 3.94. The van der Waals surface area contributed by atoms with Crippen LogP contribution < -0.4 is 5.32 Å². The second-order valence-electron chi connectivity index (χ2n) is 5.32. The molecule has 0 atom stereocenters. The zero-order chi connectivity index (χ0) is 16.7. The highest BCUT2D eigenvalue weighted by molar-refractivity contribution is 9.10. The molecule has 2 aromatic rings. The number of anilines is 1. The molecule has 4 nitrogen and oxygen atoms in total. The van der Waals surface area contributed by atoms with Crippen molar-refractivity contribution in [3.8, 4) is 6.07 Å². The molecule has 0 bridgehead atoms. The van der Waals surface area contributed by atoms with E-state index in [1.165, 1.54) is 5.56 Å². The van der Waals surface area contributed by atoms with Gasteiger partial charge in [-0.05, 0) is 36.9 Å². The first-order valence-electron chi connectivity index (χ1n) is 7.30.